The summed E-state index contributed by atoms with van der Waals surface area (Å²) < 4.78 is 0. The van der Waals surface area contributed by atoms with Gasteiger partial charge in [0.05, 0.1) is 11.2 Å². The lowest BCUT2D eigenvalue weighted by molar-refractivity contribution is -0.122. The molecule has 0 aliphatic carbocycles. The van der Waals surface area contributed by atoms with Crippen LogP contribution >= 0.6 is 11.6 Å². The van der Waals surface area contributed by atoms with Crippen molar-refractivity contribution in [2.24, 2.45) is 0 Å². The largest absolute Gasteiger partial charge is 0.363 e. The van der Waals surface area contributed by atoms with Gasteiger partial charge in [0.25, 0.3) is 11.8 Å². The first-order valence-electron chi connectivity index (χ1n) is 10.8. The highest BCUT2D eigenvalue weighted by molar-refractivity contribution is 6.40. The Bertz CT molecular complexity index is 1260. The number of urea groups is 1. The molecule has 7 heteroatoms. The first-order valence-corrected chi connectivity index (χ1v) is 11.2. The number of imide groups is 2. The second-order valence-corrected chi connectivity index (χ2v) is 9.32. The number of benzene rings is 2. The molecule has 0 unspecified atom stereocenters. The van der Waals surface area contributed by atoms with Crippen molar-refractivity contribution in [3.05, 3.63) is 69.8 Å². The first kappa shape index (κ1) is 22.8. The Kier molecular flexibility index (Phi) is 5.66. The number of hydrogen-bond acceptors (Lipinski definition) is 4. The van der Waals surface area contributed by atoms with Crippen LogP contribution in [0.4, 0.5) is 16.2 Å². The quantitative estimate of drug-likeness (QED) is 0.493. The summed E-state index contributed by atoms with van der Waals surface area (Å²) in [5.41, 5.74) is 4.59. The van der Waals surface area contributed by atoms with Gasteiger partial charge in [0.1, 0.15) is 5.57 Å². The number of halogens is 1. The minimum absolute atomic E-state index is 0.150. The van der Waals surface area contributed by atoms with Crippen molar-refractivity contribution in [2.75, 3.05) is 16.3 Å². The van der Waals surface area contributed by atoms with E-state index in [1.54, 1.807) is 18.2 Å². The van der Waals surface area contributed by atoms with Crippen molar-refractivity contribution >= 4 is 52.5 Å². The maximum absolute atomic E-state index is 13.2. The van der Waals surface area contributed by atoms with Gasteiger partial charge in [-0.25, -0.2) is 9.69 Å². The van der Waals surface area contributed by atoms with Gasteiger partial charge in [-0.2, -0.15) is 0 Å². The fourth-order valence-electron chi connectivity index (χ4n) is 4.62. The minimum Gasteiger partial charge on any atom is -0.363 e. The van der Waals surface area contributed by atoms with Crippen molar-refractivity contribution in [2.45, 2.75) is 40.2 Å². The number of nitrogens with zero attached hydrogens (tertiary/aromatic N) is 2. The van der Waals surface area contributed by atoms with Crippen molar-refractivity contribution in [3.8, 4) is 0 Å². The molecule has 0 saturated carbocycles. The summed E-state index contributed by atoms with van der Waals surface area (Å²) in [7, 11) is 0. The second-order valence-electron chi connectivity index (χ2n) is 8.91. The van der Waals surface area contributed by atoms with E-state index in [0.29, 0.717) is 16.3 Å². The molecule has 2 aromatic rings. The average Bonchev–Trinajstić information content (AvgIpc) is 2.71. The monoisotopic (exact) mass is 463 g/mol. The highest BCUT2D eigenvalue weighted by Gasteiger charge is 2.37. The molecule has 1 fully saturated rings. The van der Waals surface area contributed by atoms with Crippen molar-refractivity contribution in [1.82, 2.24) is 5.32 Å². The zero-order valence-corrected chi connectivity index (χ0v) is 20.1. The topological polar surface area (TPSA) is 69.7 Å². The Hall–Kier alpha value is -3.38. The van der Waals surface area contributed by atoms with Crippen LogP contribution < -0.4 is 15.1 Å². The number of hydrogen-bond donors (Lipinski definition) is 1. The van der Waals surface area contributed by atoms with Crippen LogP contribution in [-0.2, 0) is 9.59 Å². The number of aryl methyl sites for hydroxylation is 1. The van der Waals surface area contributed by atoms with Gasteiger partial charge in [0.15, 0.2) is 0 Å². The molecular weight excluding hydrogens is 438 g/mol. The maximum atomic E-state index is 13.2. The van der Waals surface area contributed by atoms with Crippen LogP contribution in [0.15, 0.2) is 48.0 Å². The van der Waals surface area contributed by atoms with Crippen LogP contribution in [0, 0.1) is 6.92 Å². The van der Waals surface area contributed by atoms with Crippen LogP contribution in [0.5, 0.6) is 0 Å². The van der Waals surface area contributed by atoms with Crippen molar-refractivity contribution in [1.29, 1.82) is 0 Å². The summed E-state index contributed by atoms with van der Waals surface area (Å²) >= 11 is 6.63. The number of anilines is 2. The Morgan fingerprint density at radius 2 is 1.82 bits per heavy atom. The number of nitrogens with one attached hydrogen (secondary N) is 1. The molecular formula is C26H26ClN3O3. The van der Waals surface area contributed by atoms with Crippen molar-refractivity contribution in [3.63, 3.8) is 0 Å². The Morgan fingerprint density at radius 3 is 2.48 bits per heavy atom. The number of carbonyl (C=O) groups is 3. The average molecular weight is 464 g/mol. The molecule has 170 valence electrons. The summed E-state index contributed by atoms with van der Waals surface area (Å²) in [4.78, 5) is 41.5. The number of fused-ring (bicyclic) bond motifs is 1. The van der Waals surface area contributed by atoms with Gasteiger partial charge in [-0.15, -0.1) is 0 Å². The fraction of sp³-hybridized carbons (Fsp3) is 0.269. The molecule has 0 aromatic heterocycles. The molecule has 0 atom stereocenters. The number of carbonyl (C=O) groups excluding carboxylic acids is 3. The van der Waals surface area contributed by atoms with Gasteiger partial charge in [0, 0.05) is 22.8 Å². The molecule has 6 nitrogen and oxygen atoms in total. The molecule has 4 amide bonds. The standard InChI is InChI=1S/C26H26ClN3O3/c1-6-29-22-13-21(27)17(11-19(22)16(3)14-26(29,4)5)12-20-23(31)28-25(33)30(24(20)32)18-9-7-8-15(2)10-18/h7-14H,6H2,1-5H3,(H,28,31,33)/b20-12-. The molecule has 0 spiro atoms. The Morgan fingerprint density at radius 1 is 1.09 bits per heavy atom. The molecule has 2 aromatic carbocycles. The van der Waals surface area contributed by atoms with Gasteiger partial charge in [-0.05, 0) is 81.7 Å². The van der Waals surface area contributed by atoms with E-state index < -0.39 is 17.8 Å². The third-order valence-corrected chi connectivity index (χ3v) is 6.40. The summed E-state index contributed by atoms with van der Waals surface area (Å²) in [5, 5.41) is 2.68. The number of barbiturate groups is 1. The molecule has 2 aliphatic rings. The highest BCUT2D eigenvalue weighted by Crippen LogP contribution is 2.41. The predicted molar refractivity (Wildman–Crippen MR) is 132 cm³/mol. The van der Waals surface area contributed by atoms with Gasteiger partial charge in [-0.3, -0.25) is 14.9 Å². The molecule has 0 radical (unpaired) electrons. The van der Waals surface area contributed by atoms with Crippen LogP contribution in [0.25, 0.3) is 11.6 Å². The lowest BCUT2D eigenvalue weighted by Crippen LogP contribution is -2.54. The van der Waals surface area contributed by atoms with Crippen LogP contribution in [0.3, 0.4) is 0 Å². The zero-order chi connectivity index (χ0) is 24.1. The van der Waals surface area contributed by atoms with E-state index in [-0.39, 0.29) is 11.1 Å². The predicted octanol–water partition coefficient (Wildman–Crippen LogP) is 5.34. The van der Waals surface area contributed by atoms with Crippen LogP contribution in [-0.4, -0.2) is 29.9 Å². The summed E-state index contributed by atoms with van der Waals surface area (Å²) in [6.07, 6.45) is 3.65. The van der Waals surface area contributed by atoms with Crippen LogP contribution in [0.1, 0.15) is 44.4 Å². The van der Waals surface area contributed by atoms with Gasteiger partial charge < -0.3 is 4.90 Å². The summed E-state index contributed by atoms with van der Waals surface area (Å²) in [6, 6.07) is 9.97. The lowest BCUT2D eigenvalue weighted by Gasteiger charge is -2.43. The molecule has 33 heavy (non-hydrogen) atoms. The number of rotatable bonds is 3. The van der Waals surface area contributed by atoms with Crippen molar-refractivity contribution < 1.29 is 14.4 Å². The highest BCUT2D eigenvalue weighted by atomic mass is 35.5. The fourth-order valence-corrected chi connectivity index (χ4v) is 4.83. The lowest BCUT2D eigenvalue weighted by atomic mass is 9.87. The smallest absolute Gasteiger partial charge is 0.335 e. The molecule has 4 rings (SSSR count). The minimum atomic E-state index is -0.774. The molecule has 1 N–H and O–H groups in total. The maximum Gasteiger partial charge on any atom is 0.335 e. The number of amides is 4. The molecule has 0 bridgehead atoms. The summed E-state index contributed by atoms with van der Waals surface area (Å²) in [5.74, 6) is -1.43. The van der Waals surface area contributed by atoms with E-state index in [2.05, 4.69) is 37.1 Å². The summed E-state index contributed by atoms with van der Waals surface area (Å²) in [6.45, 7) is 11.1. The third kappa shape index (κ3) is 3.95. The SMILES string of the molecule is CCN1c2cc(Cl)c(/C=C3/C(=O)NC(=O)N(c4cccc(C)c4)C3=O)cc2C(C)=CC1(C)C. The van der Waals surface area contributed by atoms with Gasteiger partial charge >= 0.3 is 6.03 Å². The zero-order valence-electron chi connectivity index (χ0n) is 19.3. The Labute approximate surface area is 198 Å². The Balaban J connectivity index is 1.80. The van der Waals surface area contributed by atoms with E-state index in [1.807, 2.05) is 32.0 Å². The van der Waals surface area contributed by atoms with Gasteiger partial charge in [-0.1, -0.05) is 29.8 Å². The molecule has 1 saturated heterocycles. The van der Waals surface area contributed by atoms with Crippen LogP contribution in [0.2, 0.25) is 5.02 Å². The van der Waals surface area contributed by atoms with E-state index in [4.69, 9.17) is 11.6 Å². The third-order valence-electron chi connectivity index (χ3n) is 6.07. The van der Waals surface area contributed by atoms with Gasteiger partial charge in [0.2, 0.25) is 0 Å². The van der Waals surface area contributed by atoms with E-state index in [0.717, 1.165) is 33.8 Å². The second kappa shape index (κ2) is 8.19. The number of likely N-dealkylation sites (N-methyl/N-ethyl adjacent to an activating group) is 1. The van der Waals surface area contributed by atoms with E-state index >= 15 is 0 Å². The van der Waals surface area contributed by atoms with E-state index in [1.165, 1.54) is 6.08 Å². The first-order chi connectivity index (χ1) is 15.5. The van der Waals surface area contributed by atoms with E-state index in [9.17, 15) is 14.4 Å². The normalized spacial score (nSPS) is 18.9. The molecule has 2 aliphatic heterocycles. The molecule has 2 heterocycles. The number of allylic oxidation sites excluding steroid dienone is 1.